The Morgan fingerprint density at radius 2 is 0.975 bits per heavy atom. The van der Waals surface area contributed by atoms with Crippen molar-refractivity contribution < 1.29 is 19.4 Å². The van der Waals surface area contributed by atoms with Gasteiger partial charge in [0.15, 0.2) is 0 Å². The van der Waals surface area contributed by atoms with Crippen LogP contribution in [0.2, 0.25) is 0 Å². The lowest BCUT2D eigenvalue weighted by molar-refractivity contribution is -0.385. The molecule has 0 heterocycles. The van der Waals surface area contributed by atoms with Crippen LogP contribution in [0.3, 0.4) is 0 Å². The van der Waals surface area contributed by atoms with Crippen LogP contribution in [0.4, 0.5) is 22.7 Å². The molecule has 0 aliphatic heterocycles. The van der Waals surface area contributed by atoms with E-state index in [0.717, 1.165) is 22.3 Å². The molecule has 10 heteroatoms. The van der Waals surface area contributed by atoms with Crippen LogP contribution in [0.25, 0.3) is 11.1 Å². The molecule has 0 saturated carbocycles. The zero-order valence-corrected chi connectivity index (χ0v) is 22.3. The van der Waals surface area contributed by atoms with Gasteiger partial charge in [0, 0.05) is 45.8 Å². The van der Waals surface area contributed by atoms with Gasteiger partial charge < -0.3 is 10.6 Å². The van der Waals surface area contributed by atoms with E-state index in [1.807, 2.05) is 38.1 Å². The lowest BCUT2D eigenvalue weighted by atomic mass is 9.99. The monoisotopic (exact) mass is 538 g/mol. The molecule has 0 unspecified atom stereocenters. The third-order valence-corrected chi connectivity index (χ3v) is 6.78. The van der Waals surface area contributed by atoms with Gasteiger partial charge in [-0.25, -0.2) is 0 Å². The molecule has 0 aliphatic rings. The summed E-state index contributed by atoms with van der Waals surface area (Å²) < 4.78 is 0. The zero-order valence-electron chi connectivity index (χ0n) is 22.3. The topological polar surface area (TPSA) is 144 Å². The van der Waals surface area contributed by atoms with Crippen LogP contribution < -0.4 is 10.6 Å². The van der Waals surface area contributed by atoms with Crippen LogP contribution in [0.1, 0.15) is 43.0 Å². The minimum atomic E-state index is -0.514. The summed E-state index contributed by atoms with van der Waals surface area (Å²) in [6, 6.07) is 19.8. The van der Waals surface area contributed by atoms with Gasteiger partial charge in [0.05, 0.1) is 9.85 Å². The summed E-state index contributed by atoms with van der Waals surface area (Å²) in [6.45, 7) is 6.79. The second-order valence-corrected chi connectivity index (χ2v) is 9.38. The van der Waals surface area contributed by atoms with Crippen LogP contribution in [0.15, 0.2) is 72.8 Å². The number of nitro groups is 2. The number of benzene rings is 4. The minimum absolute atomic E-state index is 0.116. The number of nitro benzene ring substituents is 2. The Hall–Kier alpha value is -5.38. The van der Waals surface area contributed by atoms with Crippen molar-refractivity contribution in [3.63, 3.8) is 0 Å². The third-order valence-electron chi connectivity index (χ3n) is 6.78. The number of carbonyl (C=O) groups excluding carboxylic acids is 2. The van der Waals surface area contributed by atoms with E-state index < -0.39 is 21.7 Å². The van der Waals surface area contributed by atoms with E-state index in [-0.39, 0.29) is 22.5 Å². The highest BCUT2D eigenvalue weighted by atomic mass is 16.6. The highest BCUT2D eigenvalue weighted by Crippen LogP contribution is 2.30. The first-order valence-electron chi connectivity index (χ1n) is 12.3. The number of carbonyl (C=O) groups is 2. The van der Waals surface area contributed by atoms with Gasteiger partial charge >= 0.3 is 0 Å². The fourth-order valence-corrected chi connectivity index (χ4v) is 4.48. The lowest BCUT2D eigenvalue weighted by Crippen LogP contribution is -2.15. The predicted molar refractivity (Wildman–Crippen MR) is 153 cm³/mol. The van der Waals surface area contributed by atoms with E-state index in [1.54, 1.807) is 38.1 Å². The van der Waals surface area contributed by atoms with Crippen LogP contribution in [-0.2, 0) is 0 Å². The molecule has 2 N–H and O–H groups in total. The maximum atomic E-state index is 12.9. The number of aryl methyl sites for hydroxylation is 2. The molecule has 4 aromatic carbocycles. The highest BCUT2D eigenvalue weighted by molar-refractivity contribution is 6.07. The molecular weight excluding hydrogens is 512 g/mol. The van der Waals surface area contributed by atoms with Crippen molar-refractivity contribution in [3.8, 4) is 11.1 Å². The second kappa shape index (κ2) is 11.2. The first-order valence-corrected chi connectivity index (χ1v) is 12.3. The predicted octanol–water partition coefficient (Wildman–Crippen LogP) is 6.91. The first-order chi connectivity index (χ1) is 19.0. The van der Waals surface area contributed by atoms with E-state index in [9.17, 15) is 29.8 Å². The molecule has 4 aromatic rings. The number of nitrogens with one attached hydrogen (secondary N) is 2. The van der Waals surface area contributed by atoms with Gasteiger partial charge in [0.25, 0.3) is 23.2 Å². The average Bonchev–Trinajstić information content (AvgIpc) is 2.90. The minimum Gasteiger partial charge on any atom is -0.322 e. The Labute approximate surface area is 230 Å². The molecule has 10 nitrogen and oxygen atoms in total. The van der Waals surface area contributed by atoms with Crippen molar-refractivity contribution in [2.75, 3.05) is 10.6 Å². The van der Waals surface area contributed by atoms with Gasteiger partial charge in [-0.15, -0.1) is 0 Å². The van der Waals surface area contributed by atoms with Crippen molar-refractivity contribution in [2.24, 2.45) is 0 Å². The van der Waals surface area contributed by atoms with Crippen LogP contribution in [-0.4, -0.2) is 21.7 Å². The third kappa shape index (κ3) is 5.56. The summed E-state index contributed by atoms with van der Waals surface area (Å²) in [4.78, 5) is 47.1. The molecule has 40 heavy (non-hydrogen) atoms. The van der Waals surface area contributed by atoms with Gasteiger partial charge in [0.2, 0.25) is 0 Å². The summed E-state index contributed by atoms with van der Waals surface area (Å²) in [6.07, 6.45) is 0. The fourth-order valence-electron chi connectivity index (χ4n) is 4.48. The molecule has 202 valence electrons. The summed E-state index contributed by atoms with van der Waals surface area (Å²) >= 11 is 0. The summed E-state index contributed by atoms with van der Waals surface area (Å²) in [5.74, 6) is -0.876. The maximum Gasteiger partial charge on any atom is 0.273 e. The van der Waals surface area contributed by atoms with Crippen LogP contribution in [0.5, 0.6) is 0 Å². The van der Waals surface area contributed by atoms with Gasteiger partial charge in [-0.2, -0.15) is 0 Å². The van der Waals surface area contributed by atoms with Gasteiger partial charge in [-0.3, -0.25) is 29.8 Å². The van der Waals surface area contributed by atoms with Crippen molar-refractivity contribution in [1.82, 2.24) is 0 Å². The van der Waals surface area contributed by atoms with E-state index in [1.165, 1.54) is 24.3 Å². The van der Waals surface area contributed by atoms with Crippen molar-refractivity contribution in [3.05, 3.63) is 126 Å². The highest BCUT2D eigenvalue weighted by Gasteiger charge is 2.20. The van der Waals surface area contributed by atoms with Gasteiger partial charge in [-0.1, -0.05) is 24.3 Å². The molecule has 0 fully saturated rings. The van der Waals surface area contributed by atoms with E-state index in [2.05, 4.69) is 10.6 Å². The molecule has 0 spiro atoms. The van der Waals surface area contributed by atoms with Gasteiger partial charge in [-0.05, 0) is 86.3 Å². The van der Waals surface area contributed by atoms with Gasteiger partial charge in [0.1, 0.15) is 0 Å². The second-order valence-electron chi connectivity index (χ2n) is 9.38. The number of rotatable bonds is 7. The molecular formula is C30H26N4O6. The Kier molecular flexibility index (Phi) is 7.71. The summed E-state index contributed by atoms with van der Waals surface area (Å²) in [5.41, 5.74) is 5.33. The molecule has 0 aliphatic carbocycles. The molecule has 2 amide bonds. The quantitative estimate of drug-likeness (QED) is 0.193. The molecule has 0 atom stereocenters. The van der Waals surface area contributed by atoms with Crippen molar-refractivity contribution in [1.29, 1.82) is 0 Å². The smallest absolute Gasteiger partial charge is 0.273 e. The van der Waals surface area contributed by atoms with E-state index >= 15 is 0 Å². The number of nitrogens with zero attached hydrogens (tertiary/aromatic N) is 2. The molecule has 0 aromatic heterocycles. The fraction of sp³-hybridized carbons (Fsp3) is 0.133. The zero-order chi connectivity index (χ0) is 29.1. The number of hydrogen-bond acceptors (Lipinski definition) is 6. The van der Waals surface area contributed by atoms with Crippen LogP contribution >= 0.6 is 0 Å². The number of hydrogen-bond donors (Lipinski definition) is 2. The standard InChI is InChI=1S/C30H26N4O6/c1-17-15-21(11-13-25(17)31-29(35)23-7-5-9-27(19(23)3)33(37)38)22-12-14-26(18(2)16-22)32-30(36)24-8-6-10-28(20(24)4)34(39)40/h5-16H,1-4H3,(H,31,35)(H,32,36). The molecule has 0 saturated heterocycles. The number of amides is 2. The van der Waals surface area contributed by atoms with E-state index in [4.69, 9.17) is 0 Å². The SMILES string of the molecule is Cc1cc(-c2ccc(NC(=O)c3cccc([N+](=O)[O-])c3C)c(C)c2)ccc1NC(=O)c1cccc([N+](=O)[O-])c1C. The first kappa shape index (κ1) is 27.6. The Morgan fingerprint density at radius 1 is 0.600 bits per heavy atom. The Balaban J connectivity index is 1.52. The van der Waals surface area contributed by atoms with Crippen LogP contribution in [0, 0.1) is 47.9 Å². The van der Waals surface area contributed by atoms with Crippen molar-refractivity contribution >= 4 is 34.6 Å². The largest absolute Gasteiger partial charge is 0.322 e. The maximum absolute atomic E-state index is 12.9. The van der Waals surface area contributed by atoms with E-state index in [0.29, 0.717) is 22.5 Å². The molecule has 0 radical (unpaired) electrons. The normalized spacial score (nSPS) is 10.6. The number of anilines is 2. The molecule has 0 bridgehead atoms. The summed E-state index contributed by atoms with van der Waals surface area (Å²) in [5, 5.41) is 28.1. The lowest BCUT2D eigenvalue weighted by Gasteiger charge is -2.14. The van der Waals surface area contributed by atoms with Crippen molar-refractivity contribution in [2.45, 2.75) is 27.7 Å². The Bertz CT molecular complexity index is 1570. The average molecular weight is 539 g/mol. The summed E-state index contributed by atoms with van der Waals surface area (Å²) in [7, 11) is 0. The Morgan fingerprint density at radius 3 is 1.30 bits per heavy atom. The molecule has 4 rings (SSSR count).